The summed E-state index contributed by atoms with van der Waals surface area (Å²) in [5.74, 6) is 1.11. The summed E-state index contributed by atoms with van der Waals surface area (Å²) in [6.07, 6.45) is 12.0. The summed E-state index contributed by atoms with van der Waals surface area (Å²) in [6.45, 7) is 2.37. The van der Waals surface area contributed by atoms with E-state index in [1.54, 1.807) is 6.20 Å². The molecule has 6 nitrogen and oxygen atoms in total. The maximum Gasteiger partial charge on any atom is 0.227 e. The molecule has 0 aromatic carbocycles. The molecule has 0 radical (unpaired) electrons. The van der Waals surface area contributed by atoms with Gasteiger partial charge in [0.1, 0.15) is 0 Å². The number of anilines is 1. The van der Waals surface area contributed by atoms with Crippen molar-refractivity contribution in [2.75, 3.05) is 24.5 Å². The average molecular weight is 330 g/mol. The van der Waals surface area contributed by atoms with E-state index in [4.69, 9.17) is 0 Å². The van der Waals surface area contributed by atoms with Crippen molar-refractivity contribution in [1.82, 2.24) is 14.7 Å². The Labute approximate surface area is 142 Å². The van der Waals surface area contributed by atoms with Gasteiger partial charge >= 0.3 is 0 Å². The predicted molar refractivity (Wildman–Crippen MR) is 90.6 cm³/mol. The fourth-order valence-electron chi connectivity index (χ4n) is 4.36. The smallest absolute Gasteiger partial charge is 0.227 e. The molecule has 3 heterocycles. The van der Waals surface area contributed by atoms with Crippen LogP contribution in [0.15, 0.2) is 12.4 Å². The Kier molecular flexibility index (Phi) is 4.29. The average Bonchev–Trinajstić information content (AvgIpc) is 3.34. The maximum atomic E-state index is 12.5. The van der Waals surface area contributed by atoms with Crippen molar-refractivity contribution in [2.24, 2.45) is 5.92 Å². The van der Waals surface area contributed by atoms with Crippen LogP contribution in [0.2, 0.25) is 0 Å². The summed E-state index contributed by atoms with van der Waals surface area (Å²) in [4.78, 5) is 28.2. The monoisotopic (exact) mass is 330 g/mol. The first-order chi connectivity index (χ1) is 11.7. The number of hydrogen-bond donors (Lipinski definition) is 0. The Balaban J connectivity index is 1.35. The van der Waals surface area contributed by atoms with Crippen molar-refractivity contribution in [3.05, 3.63) is 12.4 Å². The molecular formula is C18H26N4O2. The lowest BCUT2D eigenvalue weighted by Crippen LogP contribution is -2.30. The first kappa shape index (κ1) is 15.7. The van der Waals surface area contributed by atoms with Gasteiger partial charge in [0.05, 0.1) is 17.9 Å². The normalized spacial score (nSPS) is 25.2. The molecule has 1 aromatic rings. The molecule has 3 aliphatic rings. The lowest BCUT2D eigenvalue weighted by molar-refractivity contribution is -0.131. The van der Waals surface area contributed by atoms with Gasteiger partial charge in [-0.05, 0) is 31.6 Å². The highest BCUT2D eigenvalue weighted by atomic mass is 16.2. The van der Waals surface area contributed by atoms with E-state index in [1.165, 1.54) is 25.7 Å². The number of rotatable bonds is 4. The topological polar surface area (TPSA) is 58.4 Å². The van der Waals surface area contributed by atoms with Gasteiger partial charge in [0.15, 0.2) is 0 Å². The van der Waals surface area contributed by atoms with Gasteiger partial charge in [0, 0.05) is 38.7 Å². The molecule has 0 spiro atoms. The maximum absolute atomic E-state index is 12.5. The van der Waals surface area contributed by atoms with E-state index in [2.05, 4.69) is 5.10 Å². The van der Waals surface area contributed by atoms with Gasteiger partial charge in [0.2, 0.25) is 11.8 Å². The van der Waals surface area contributed by atoms with Crippen molar-refractivity contribution in [3.63, 3.8) is 0 Å². The fraction of sp³-hybridized carbons (Fsp3) is 0.722. The number of likely N-dealkylation sites (tertiary alicyclic amines) is 1. The number of aromatic nitrogens is 2. The summed E-state index contributed by atoms with van der Waals surface area (Å²) in [6, 6.07) is 0.240. The van der Waals surface area contributed by atoms with Crippen LogP contribution in [0.5, 0.6) is 0 Å². The zero-order valence-electron chi connectivity index (χ0n) is 14.2. The van der Waals surface area contributed by atoms with Gasteiger partial charge in [-0.2, -0.15) is 5.10 Å². The molecule has 0 bridgehead atoms. The molecule has 4 rings (SSSR count). The largest absolute Gasteiger partial charge is 0.340 e. The van der Waals surface area contributed by atoms with Crippen LogP contribution in [0, 0.1) is 5.92 Å². The van der Waals surface area contributed by atoms with Crippen LogP contribution >= 0.6 is 0 Å². The minimum absolute atomic E-state index is 0.189. The van der Waals surface area contributed by atoms with Crippen LogP contribution in [0.1, 0.15) is 57.4 Å². The summed E-state index contributed by atoms with van der Waals surface area (Å²) >= 11 is 0. The SMILES string of the molecule is O=C(CC1CCCC1)N1CCC(n2cc(N3CCCC3=O)cn2)C1. The van der Waals surface area contributed by atoms with Crippen molar-refractivity contribution < 1.29 is 9.59 Å². The molecule has 2 saturated heterocycles. The van der Waals surface area contributed by atoms with Crippen molar-refractivity contribution >= 4 is 17.5 Å². The Morgan fingerprint density at radius 1 is 1.17 bits per heavy atom. The van der Waals surface area contributed by atoms with Gasteiger partial charge in [-0.3, -0.25) is 14.3 Å². The zero-order chi connectivity index (χ0) is 16.5. The molecule has 24 heavy (non-hydrogen) atoms. The summed E-state index contributed by atoms with van der Waals surface area (Å²) in [5.41, 5.74) is 0.897. The van der Waals surface area contributed by atoms with Crippen LogP contribution < -0.4 is 4.90 Å². The van der Waals surface area contributed by atoms with Gasteiger partial charge in [-0.15, -0.1) is 0 Å². The first-order valence-corrected chi connectivity index (χ1v) is 9.33. The van der Waals surface area contributed by atoms with Crippen LogP contribution in [0.25, 0.3) is 0 Å². The van der Waals surface area contributed by atoms with Crippen LogP contribution in [0.4, 0.5) is 5.69 Å². The lowest BCUT2D eigenvalue weighted by Gasteiger charge is -2.19. The van der Waals surface area contributed by atoms with Gasteiger partial charge in [-0.25, -0.2) is 0 Å². The fourth-order valence-corrected chi connectivity index (χ4v) is 4.36. The third-order valence-corrected chi connectivity index (χ3v) is 5.80. The van der Waals surface area contributed by atoms with E-state index in [9.17, 15) is 9.59 Å². The molecule has 1 atom stereocenters. The standard InChI is InChI=1S/C18H26N4O2/c23-17-6-3-8-21(17)16-11-19-22(13-16)15-7-9-20(12-15)18(24)10-14-4-1-2-5-14/h11,13-15H,1-10,12H2. The number of carbonyl (C=O) groups excluding carboxylic acids is 2. The Morgan fingerprint density at radius 3 is 2.75 bits per heavy atom. The molecule has 1 saturated carbocycles. The Hall–Kier alpha value is -1.85. The van der Waals surface area contributed by atoms with E-state index < -0.39 is 0 Å². The molecule has 2 amide bonds. The minimum Gasteiger partial charge on any atom is -0.340 e. The van der Waals surface area contributed by atoms with Crippen LogP contribution in [-0.2, 0) is 9.59 Å². The van der Waals surface area contributed by atoms with E-state index in [1.807, 2.05) is 20.7 Å². The summed E-state index contributed by atoms with van der Waals surface area (Å²) in [5, 5.41) is 4.46. The Bertz CT molecular complexity index is 620. The van der Waals surface area contributed by atoms with Crippen molar-refractivity contribution in [3.8, 4) is 0 Å². The van der Waals surface area contributed by atoms with E-state index in [-0.39, 0.29) is 11.9 Å². The number of carbonyl (C=O) groups is 2. The van der Waals surface area contributed by atoms with Gasteiger partial charge in [-0.1, -0.05) is 12.8 Å². The van der Waals surface area contributed by atoms with E-state index in [0.29, 0.717) is 18.2 Å². The zero-order valence-corrected chi connectivity index (χ0v) is 14.2. The lowest BCUT2D eigenvalue weighted by atomic mass is 10.0. The molecule has 1 unspecified atom stereocenters. The molecule has 6 heteroatoms. The van der Waals surface area contributed by atoms with Gasteiger partial charge < -0.3 is 9.80 Å². The quantitative estimate of drug-likeness (QED) is 0.851. The molecule has 0 N–H and O–H groups in total. The highest BCUT2D eigenvalue weighted by Gasteiger charge is 2.30. The number of nitrogens with zero attached hydrogens (tertiary/aromatic N) is 4. The van der Waals surface area contributed by atoms with Crippen LogP contribution in [0.3, 0.4) is 0 Å². The molecular weight excluding hydrogens is 304 g/mol. The third kappa shape index (κ3) is 3.06. The number of hydrogen-bond acceptors (Lipinski definition) is 3. The second-order valence-corrected chi connectivity index (χ2v) is 7.46. The van der Waals surface area contributed by atoms with E-state index in [0.717, 1.165) is 44.6 Å². The van der Waals surface area contributed by atoms with E-state index >= 15 is 0 Å². The molecule has 1 aromatic heterocycles. The molecule has 130 valence electrons. The van der Waals surface area contributed by atoms with Crippen molar-refractivity contribution in [1.29, 1.82) is 0 Å². The second kappa shape index (κ2) is 6.57. The van der Waals surface area contributed by atoms with Crippen molar-refractivity contribution in [2.45, 2.75) is 57.4 Å². The molecule has 3 fully saturated rings. The second-order valence-electron chi connectivity index (χ2n) is 7.46. The summed E-state index contributed by atoms with van der Waals surface area (Å²) in [7, 11) is 0. The number of amides is 2. The predicted octanol–water partition coefficient (Wildman–Crippen LogP) is 2.36. The molecule has 2 aliphatic heterocycles. The molecule has 1 aliphatic carbocycles. The highest BCUT2D eigenvalue weighted by Crippen LogP contribution is 2.30. The van der Waals surface area contributed by atoms with Gasteiger partial charge in [0.25, 0.3) is 0 Å². The van der Waals surface area contributed by atoms with Crippen LogP contribution in [-0.4, -0.2) is 46.1 Å². The summed E-state index contributed by atoms with van der Waals surface area (Å²) < 4.78 is 1.95. The minimum atomic E-state index is 0.189. The first-order valence-electron chi connectivity index (χ1n) is 9.33. The third-order valence-electron chi connectivity index (χ3n) is 5.80. The Morgan fingerprint density at radius 2 is 2.00 bits per heavy atom. The highest BCUT2D eigenvalue weighted by molar-refractivity contribution is 5.95.